The van der Waals surface area contributed by atoms with E-state index in [0.717, 1.165) is 4.88 Å². The second-order valence-corrected chi connectivity index (χ2v) is 9.84. The molecule has 0 aromatic carbocycles. The van der Waals surface area contributed by atoms with Gasteiger partial charge in [-0.25, -0.2) is 0 Å². The van der Waals surface area contributed by atoms with Crippen LogP contribution in [0.15, 0.2) is 17.5 Å². The third-order valence-corrected chi connectivity index (χ3v) is 7.67. The Morgan fingerprint density at radius 3 is 2.85 bits per heavy atom. The zero-order chi connectivity index (χ0) is 18.1. The number of thiophene rings is 1. The van der Waals surface area contributed by atoms with Crippen molar-refractivity contribution in [2.75, 3.05) is 6.67 Å². The Morgan fingerprint density at radius 1 is 1.31 bits per heavy atom. The Morgan fingerprint density at radius 2 is 2.15 bits per heavy atom. The van der Waals surface area contributed by atoms with Gasteiger partial charge in [0.15, 0.2) is 5.82 Å². The minimum Gasteiger partial charge on any atom is -0.314 e. The first-order valence-electron chi connectivity index (χ1n) is 8.29. The van der Waals surface area contributed by atoms with Crippen molar-refractivity contribution >= 4 is 34.9 Å². The van der Waals surface area contributed by atoms with Gasteiger partial charge in [-0.05, 0) is 25.3 Å². The lowest BCUT2D eigenvalue weighted by Crippen LogP contribution is -2.68. The van der Waals surface area contributed by atoms with E-state index < -0.39 is 6.04 Å². The van der Waals surface area contributed by atoms with E-state index in [-0.39, 0.29) is 34.0 Å². The fourth-order valence-electron chi connectivity index (χ4n) is 4.02. The molecular formula is C15H17N7O2S2. The van der Waals surface area contributed by atoms with E-state index in [0.29, 0.717) is 12.5 Å². The Balaban J connectivity index is 1.40. The molecular weight excluding hydrogens is 374 g/mol. The second kappa shape index (κ2) is 5.51. The average molecular weight is 391 g/mol. The number of amides is 2. The molecule has 3 saturated heterocycles. The highest BCUT2D eigenvalue weighted by atomic mass is 32.2. The van der Waals surface area contributed by atoms with Gasteiger partial charge in [0.25, 0.3) is 0 Å². The molecule has 0 bridgehead atoms. The largest absolute Gasteiger partial charge is 0.314 e. The van der Waals surface area contributed by atoms with Gasteiger partial charge in [0.1, 0.15) is 23.5 Å². The van der Waals surface area contributed by atoms with Gasteiger partial charge in [-0.1, -0.05) is 11.3 Å². The summed E-state index contributed by atoms with van der Waals surface area (Å²) in [7, 11) is 0. The summed E-state index contributed by atoms with van der Waals surface area (Å²) in [5, 5.41) is 19.4. The van der Waals surface area contributed by atoms with Gasteiger partial charge < -0.3 is 9.80 Å². The molecule has 0 spiro atoms. The van der Waals surface area contributed by atoms with Crippen LogP contribution in [-0.2, 0) is 9.59 Å². The molecule has 0 radical (unpaired) electrons. The molecule has 4 unspecified atom stereocenters. The average Bonchev–Trinajstić information content (AvgIpc) is 3.36. The van der Waals surface area contributed by atoms with Gasteiger partial charge in [-0.15, -0.1) is 33.3 Å². The Kier molecular flexibility index (Phi) is 3.43. The van der Waals surface area contributed by atoms with Crippen molar-refractivity contribution in [2.24, 2.45) is 0 Å². The van der Waals surface area contributed by atoms with E-state index in [1.807, 2.05) is 17.5 Å². The standard InChI is InChI=1S/C15H17N7O2S2/c1-15(2)10(11-17-19-20-18-11)22-13(24)9(14(22)26-15)21-6-16-8(12(21)23)7-4-3-5-25-7/h3-5,8-10,14,16H,6H2,1-2H3,(H,17,18,19,20). The molecule has 5 rings (SSSR count). The molecule has 3 aliphatic heterocycles. The maximum atomic E-state index is 13.0. The van der Waals surface area contributed by atoms with Crippen molar-refractivity contribution in [3.05, 3.63) is 28.2 Å². The summed E-state index contributed by atoms with van der Waals surface area (Å²) in [6, 6.07) is 2.82. The highest BCUT2D eigenvalue weighted by Gasteiger charge is 2.65. The smallest absolute Gasteiger partial charge is 0.250 e. The highest BCUT2D eigenvalue weighted by Crippen LogP contribution is 2.57. The van der Waals surface area contributed by atoms with Gasteiger partial charge >= 0.3 is 0 Å². The Hall–Kier alpha value is -1.98. The number of thioether (sulfide) groups is 1. The predicted octanol–water partition coefficient (Wildman–Crippen LogP) is 0.495. The van der Waals surface area contributed by atoms with Gasteiger partial charge in [0, 0.05) is 9.62 Å². The molecule has 0 saturated carbocycles. The summed E-state index contributed by atoms with van der Waals surface area (Å²) in [4.78, 5) is 30.3. The number of rotatable bonds is 3. The molecule has 2 aromatic rings. The van der Waals surface area contributed by atoms with Gasteiger partial charge in [-0.3, -0.25) is 14.9 Å². The number of β-lactam (4-membered cyclic amide) rings is 1. The maximum absolute atomic E-state index is 13.0. The van der Waals surface area contributed by atoms with Crippen molar-refractivity contribution in [1.29, 1.82) is 0 Å². The van der Waals surface area contributed by atoms with Crippen molar-refractivity contribution in [1.82, 2.24) is 35.7 Å². The quantitative estimate of drug-likeness (QED) is 0.734. The van der Waals surface area contributed by atoms with Gasteiger partial charge in [-0.2, -0.15) is 5.21 Å². The number of carbonyl (C=O) groups excluding carboxylic acids is 2. The molecule has 4 atom stereocenters. The number of hydrogen-bond acceptors (Lipinski definition) is 8. The van der Waals surface area contributed by atoms with E-state index in [2.05, 4.69) is 39.8 Å². The SMILES string of the molecule is CC1(C)SC2C(N3CNC(c4cccs4)C3=O)C(=O)N2C1c1nn[nH]n1. The van der Waals surface area contributed by atoms with Gasteiger partial charge in [0.05, 0.1) is 6.67 Å². The van der Waals surface area contributed by atoms with Crippen LogP contribution in [0.4, 0.5) is 0 Å². The first-order valence-corrected chi connectivity index (χ1v) is 10.1. The Labute approximate surface area is 157 Å². The first-order chi connectivity index (χ1) is 12.5. The van der Waals surface area contributed by atoms with Crippen LogP contribution in [0, 0.1) is 0 Å². The number of nitrogens with one attached hydrogen (secondary N) is 2. The van der Waals surface area contributed by atoms with Crippen molar-refractivity contribution < 1.29 is 9.59 Å². The van der Waals surface area contributed by atoms with Crippen molar-refractivity contribution in [2.45, 2.75) is 42.1 Å². The number of aromatic amines is 1. The molecule has 2 aromatic heterocycles. The topological polar surface area (TPSA) is 107 Å². The molecule has 136 valence electrons. The summed E-state index contributed by atoms with van der Waals surface area (Å²) in [6.45, 7) is 4.52. The summed E-state index contributed by atoms with van der Waals surface area (Å²) in [5.74, 6) is 0.427. The summed E-state index contributed by atoms with van der Waals surface area (Å²) >= 11 is 3.23. The zero-order valence-electron chi connectivity index (χ0n) is 14.1. The predicted molar refractivity (Wildman–Crippen MR) is 94.9 cm³/mol. The van der Waals surface area contributed by atoms with E-state index >= 15 is 0 Å². The third kappa shape index (κ3) is 2.10. The monoisotopic (exact) mass is 391 g/mol. The number of tetrazole rings is 1. The number of carbonyl (C=O) groups is 2. The first kappa shape index (κ1) is 16.2. The lowest BCUT2D eigenvalue weighted by Gasteiger charge is -2.47. The van der Waals surface area contributed by atoms with Crippen LogP contribution in [0.2, 0.25) is 0 Å². The molecule has 9 nitrogen and oxygen atoms in total. The van der Waals surface area contributed by atoms with E-state index in [1.165, 1.54) is 0 Å². The fourth-order valence-corrected chi connectivity index (χ4v) is 6.51. The lowest BCUT2D eigenvalue weighted by atomic mass is 9.94. The molecule has 2 amide bonds. The maximum Gasteiger partial charge on any atom is 0.250 e. The minimum absolute atomic E-state index is 0.0353. The van der Waals surface area contributed by atoms with E-state index in [4.69, 9.17) is 0 Å². The Bertz CT molecular complexity index is 853. The molecule has 5 heterocycles. The van der Waals surface area contributed by atoms with Crippen LogP contribution in [0.1, 0.15) is 36.6 Å². The number of fused-ring (bicyclic) bond motifs is 1. The second-order valence-electron chi connectivity index (χ2n) is 7.09. The number of aromatic nitrogens is 4. The minimum atomic E-state index is -0.443. The fraction of sp³-hybridized carbons (Fsp3) is 0.533. The lowest BCUT2D eigenvalue weighted by molar-refractivity contribution is -0.161. The van der Waals surface area contributed by atoms with Crippen LogP contribution in [0.3, 0.4) is 0 Å². The van der Waals surface area contributed by atoms with Crippen LogP contribution in [-0.4, -0.2) is 65.1 Å². The number of H-pyrrole nitrogens is 1. The van der Waals surface area contributed by atoms with Gasteiger partial charge in [0.2, 0.25) is 11.8 Å². The van der Waals surface area contributed by atoms with Crippen LogP contribution in [0.5, 0.6) is 0 Å². The normalized spacial score (nSPS) is 32.8. The number of hydrogen-bond donors (Lipinski definition) is 2. The molecule has 11 heteroatoms. The van der Waals surface area contributed by atoms with E-state index in [9.17, 15) is 9.59 Å². The third-order valence-electron chi connectivity index (χ3n) is 5.18. The summed E-state index contributed by atoms with van der Waals surface area (Å²) in [5.41, 5.74) is 0. The molecule has 0 aliphatic carbocycles. The summed E-state index contributed by atoms with van der Waals surface area (Å²) < 4.78 is -0.262. The van der Waals surface area contributed by atoms with Crippen molar-refractivity contribution in [3.8, 4) is 0 Å². The molecule has 2 N–H and O–H groups in total. The summed E-state index contributed by atoms with van der Waals surface area (Å²) in [6.07, 6.45) is 0. The highest BCUT2D eigenvalue weighted by molar-refractivity contribution is 8.01. The molecule has 3 aliphatic rings. The molecule has 3 fully saturated rings. The van der Waals surface area contributed by atoms with Crippen LogP contribution in [0.25, 0.3) is 0 Å². The zero-order valence-corrected chi connectivity index (χ0v) is 15.8. The molecule has 26 heavy (non-hydrogen) atoms. The van der Waals surface area contributed by atoms with E-state index in [1.54, 1.807) is 32.9 Å². The number of nitrogens with zero attached hydrogens (tertiary/aromatic N) is 5. The van der Waals surface area contributed by atoms with Crippen LogP contribution < -0.4 is 5.32 Å². The van der Waals surface area contributed by atoms with Crippen LogP contribution >= 0.6 is 23.1 Å². The van der Waals surface area contributed by atoms with Crippen molar-refractivity contribution in [3.63, 3.8) is 0 Å².